The minimum absolute atomic E-state index is 0.0128. The van der Waals surface area contributed by atoms with Crippen LogP contribution in [0.15, 0.2) is 35.7 Å². The first-order chi connectivity index (χ1) is 9.58. The second-order valence-corrected chi connectivity index (χ2v) is 5.15. The van der Waals surface area contributed by atoms with Gasteiger partial charge in [0.05, 0.1) is 4.92 Å². The molecule has 0 saturated carbocycles. The van der Waals surface area contributed by atoms with E-state index in [0.717, 1.165) is 4.88 Å². The molecular weight excluding hydrogens is 278 g/mol. The summed E-state index contributed by atoms with van der Waals surface area (Å²) in [6, 6.07) is 7.87. The molecule has 0 radical (unpaired) electrons. The van der Waals surface area contributed by atoms with Crippen molar-refractivity contribution in [1.29, 1.82) is 0 Å². The lowest BCUT2D eigenvalue weighted by Gasteiger charge is -2.06. The molecule has 2 rings (SSSR count). The summed E-state index contributed by atoms with van der Waals surface area (Å²) in [5, 5.41) is 15.5. The molecule has 0 spiro atoms. The molecule has 0 aliphatic carbocycles. The second kappa shape index (κ2) is 6.16. The average Bonchev–Trinajstić information content (AvgIpc) is 2.91. The van der Waals surface area contributed by atoms with Gasteiger partial charge in [0.1, 0.15) is 5.56 Å². The zero-order valence-electron chi connectivity index (χ0n) is 10.5. The van der Waals surface area contributed by atoms with Crippen LogP contribution in [-0.2, 0) is 6.42 Å². The van der Waals surface area contributed by atoms with Crippen LogP contribution in [0.4, 0.5) is 11.4 Å². The number of nitro benzene ring substituents is 1. The van der Waals surface area contributed by atoms with E-state index in [9.17, 15) is 14.9 Å². The van der Waals surface area contributed by atoms with E-state index in [0.29, 0.717) is 18.7 Å². The first-order valence-corrected chi connectivity index (χ1v) is 6.80. The van der Waals surface area contributed by atoms with Crippen LogP contribution in [0.1, 0.15) is 15.2 Å². The van der Waals surface area contributed by atoms with Crippen LogP contribution in [0.5, 0.6) is 0 Å². The van der Waals surface area contributed by atoms with Crippen molar-refractivity contribution < 1.29 is 9.72 Å². The maximum absolute atomic E-state index is 12.0. The topological polar surface area (TPSA) is 98.3 Å². The van der Waals surface area contributed by atoms with Crippen LogP contribution in [0.2, 0.25) is 0 Å². The molecule has 6 nitrogen and oxygen atoms in total. The highest BCUT2D eigenvalue weighted by Gasteiger charge is 2.19. The summed E-state index contributed by atoms with van der Waals surface area (Å²) in [6.07, 6.45) is 0.694. The smallest absolute Gasteiger partial charge is 0.282 e. The number of nitrogens with zero attached hydrogens (tertiary/aromatic N) is 1. The van der Waals surface area contributed by atoms with E-state index in [-0.39, 0.29) is 11.3 Å². The van der Waals surface area contributed by atoms with Crippen molar-refractivity contribution in [2.75, 3.05) is 12.3 Å². The number of hydrogen-bond donors (Lipinski definition) is 2. The molecule has 1 aromatic heterocycles. The Labute approximate surface area is 119 Å². The van der Waals surface area contributed by atoms with Crippen molar-refractivity contribution in [2.24, 2.45) is 0 Å². The van der Waals surface area contributed by atoms with Gasteiger partial charge in [-0.05, 0) is 30.0 Å². The fraction of sp³-hybridized carbons (Fsp3) is 0.154. The van der Waals surface area contributed by atoms with E-state index in [1.54, 1.807) is 11.3 Å². The Morgan fingerprint density at radius 3 is 2.85 bits per heavy atom. The Hall–Kier alpha value is -2.41. The maximum atomic E-state index is 12.0. The molecule has 0 fully saturated rings. The number of benzene rings is 1. The van der Waals surface area contributed by atoms with E-state index in [1.807, 2.05) is 17.5 Å². The molecule has 0 bridgehead atoms. The molecule has 104 valence electrons. The van der Waals surface area contributed by atoms with Crippen molar-refractivity contribution in [3.8, 4) is 0 Å². The summed E-state index contributed by atoms with van der Waals surface area (Å²) in [5.41, 5.74) is 5.63. The number of anilines is 1. The maximum Gasteiger partial charge on any atom is 0.282 e. The molecule has 1 amide bonds. The van der Waals surface area contributed by atoms with Gasteiger partial charge >= 0.3 is 0 Å². The van der Waals surface area contributed by atoms with Crippen molar-refractivity contribution in [1.82, 2.24) is 5.32 Å². The van der Waals surface area contributed by atoms with Gasteiger partial charge in [0.25, 0.3) is 11.6 Å². The van der Waals surface area contributed by atoms with E-state index in [2.05, 4.69) is 5.32 Å². The number of nitrogen functional groups attached to an aromatic ring is 1. The third kappa shape index (κ3) is 3.33. The Morgan fingerprint density at radius 2 is 2.20 bits per heavy atom. The summed E-state index contributed by atoms with van der Waals surface area (Å²) in [5.74, 6) is -0.486. The zero-order valence-corrected chi connectivity index (χ0v) is 11.4. The van der Waals surface area contributed by atoms with Crippen LogP contribution < -0.4 is 11.1 Å². The van der Waals surface area contributed by atoms with Gasteiger partial charge in [-0.2, -0.15) is 0 Å². The lowest BCUT2D eigenvalue weighted by atomic mass is 10.1. The number of nitrogens with one attached hydrogen (secondary N) is 1. The number of carbonyl (C=O) groups is 1. The Morgan fingerprint density at radius 1 is 1.40 bits per heavy atom. The molecule has 1 aromatic carbocycles. The van der Waals surface area contributed by atoms with Crippen LogP contribution in [0.25, 0.3) is 0 Å². The first kappa shape index (κ1) is 14.0. The minimum atomic E-state index is -0.590. The number of thiophene rings is 1. The molecule has 0 aliphatic rings. The second-order valence-electron chi connectivity index (χ2n) is 4.12. The molecule has 0 aliphatic heterocycles. The van der Waals surface area contributed by atoms with E-state index < -0.39 is 10.8 Å². The zero-order chi connectivity index (χ0) is 14.5. The molecule has 7 heteroatoms. The van der Waals surface area contributed by atoms with Gasteiger partial charge in [-0.1, -0.05) is 6.07 Å². The molecule has 20 heavy (non-hydrogen) atoms. The van der Waals surface area contributed by atoms with Crippen LogP contribution in [0.3, 0.4) is 0 Å². The number of amides is 1. The number of carbonyl (C=O) groups excluding carboxylic acids is 1. The summed E-state index contributed by atoms with van der Waals surface area (Å²) in [4.78, 5) is 23.4. The predicted octanol–water partition coefficient (Wildman–Crippen LogP) is 2.21. The van der Waals surface area contributed by atoms with E-state index >= 15 is 0 Å². The van der Waals surface area contributed by atoms with Crippen LogP contribution >= 0.6 is 11.3 Å². The molecule has 2 aromatic rings. The summed E-state index contributed by atoms with van der Waals surface area (Å²) in [7, 11) is 0. The number of nitro groups is 1. The number of nitrogens with two attached hydrogens (primary N) is 1. The number of rotatable bonds is 5. The van der Waals surface area contributed by atoms with Gasteiger partial charge in [0, 0.05) is 23.2 Å². The quantitative estimate of drug-likeness (QED) is 0.501. The molecule has 0 atom stereocenters. The Kier molecular flexibility index (Phi) is 4.31. The highest BCUT2D eigenvalue weighted by atomic mass is 32.1. The van der Waals surface area contributed by atoms with Crippen molar-refractivity contribution in [3.05, 3.63) is 56.3 Å². The summed E-state index contributed by atoms with van der Waals surface area (Å²) >= 11 is 1.60. The first-order valence-electron chi connectivity index (χ1n) is 5.92. The highest BCUT2D eigenvalue weighted by molar-refractivity contribution is 7.09. The van der Waals surface area contributed by atoms with Crippen LogP contribution in [-0.4, -0.2) is 17.4 Å². The molecular formula is C13H13N3O3S. The van der Waals surface area contributed by atoms with Gasteiger partial charge in [0.15, 0.2) is 0 Å². The van der Waals surface area contributed by atoms with Gasteiger partial charge in [-0.15, -0.1) is 11.3 Å². The molecule has 1 heterocycles. The molecule has 0 saturated heterocycles. The Bertz CT molecular complexity index is 626. The highest BCUT2D eigenvalue weighted by Crippen LogP contribution is 2.21. The lowest BCUT2D eigenvalue weighted by molar-refractivity contribution is -0.385. The van der Waals surface area contributed by atoms with Gasteiger partial charge in [0.2, 0.25) is 0 Å². The SMILES string of the molecule is Nc1ccc([N+](=O)[O-])c(C(=O)NCCc2cccs2)c1. The average molecular weight is 291 g/mol. The van der Waals surface area contributed by atoms with Gasteiger partial charge in [-0.3, -0.25) is 14.9 Å². The third-order valence-electron chi connectivity index (χ3n) is 2.70. The fourth-order valence-electron chi connectivity index (χ4n) is 1.74. The van der Waals surface area contributed by atoms with Crippen molar-refractivity contribution >= 4 is 28.6 Å². The Balaban J connectivity index is 2.05. The largest absolute Gasteiger partial charge is 0.399 e. The number of hydrogen-bond acceptors (Lipinski definition) is 5. The summed E-state index contributed by atoms with van der Waals surface area (Å²) in [6.45, 7) is 0.422. The molecule has 3 N–H and O–H groups in total. The van der Waals surface area contributed by atoms with Crippen molar-refractivity contribution in [3.63, 3.8) is 0 Å². The van der Waals surface area contributed by atoms with Crippen LogP contribution in [0, 0.1) is 10.1 Å². The standard InChI is InChI=1S/C13H13N3O3S/c14-9-3-4-12(16(18)19)11(8-9)13(17)15-6-5-10-2-1-7-20-10/h1-4,7-8H,5-6,14H2,(H,15,17). The third-order valence-corrected chi connectivity index (χ3v) is 3.64. The predicted molar refractivity (Wildman–Crippen MR) is 77.9 cm³/mol. The van der Waals surface area contributed by atoms with Crippen molar-refractivity contribution in [2.45, 2.75) is 6.42 Å². The normalized spacial score (nSPS) is 10.2. The lowest BCUT2D eigenvalue weighted by Crippen LogP contribution is -2.26. The van der Waals surface area contributed by atoms with E-state index in [1.165, 1.54) is 18.2 Å². The monoisotopic (exact) mass is 291 g/mol. The van der Waals surface area contributed by atoms with E-state index in [4.69, 9.17) is 5.73 Å². The summed E-state index contributed by atoms with van der Waals surface area (Å²) < 4.78 is 0. The van der Waals surface area contributed by atoms with Gasteiger partial charge in [-0.25, -0.2) is 0 Å². The fourth-order valence-corrected chi connectivity index (χ4v) is 2.45. The molecule has 0 unspecified atom stereocenters. The van der Waals surface area contributed by atoms with Gasteiger partial charge < -0.3 is 11.1 Å². The minimum Gasteiger partial charge on any atom is -0.399 e.